The van der Waals surface area contributed by atoms with Crippen molar-refractivity contribution in [3.8, 4) is 12.3 Å². The summed E-state index contributed by atoms with van der Waals surface area (Å²) >= 11 is 6.40. The number of hydrogen-bond acceptors (Lipinski definition) is 4. The molecule has 0 saturated carbocycles. The fourth-order valence-electron chi connectivity index (χ4n) is 2.86. The molecule has 0 heterocycles. The van der Waals surface area contributed by atoms with E-state index in [1.807, 2.05) is 19.1 Å². The first-order valence-corrected chi connectivity index (χ1v) is 10.3. The molecule has 0 aliphatic heterocycles. The molecule has 0 saturated heterocycles. The lowest BCUT2D eigenvalue weighted by Crippen LogP contribution is -2.37. The normalized spacial score (nSPS) is 18.3. The van der Waals surface area contributed by atoms with Gasteiger partial charge in [-0.2, -0.15) is 0 Å². The number of rotatable bonds is 12. The van der Waals surface area contributed by atoms with Crippen molar-refractivity contribution >= 4 is 17.5 Å². The summed E-state index contributed by atoms with van der Waals surface area (Å²) in [6, 6.07) is 0. The highest BCUT2D eigenvalue weighted by molar-refractivity contribution is 6.30. The molecule has 1 aliphatic carbocycles. The minimum atomic E-state index is -0.631. The van der Waals surface area contributed by atoms with Gasteiger partial charge in [0.25, 0.3) is 5.91 Å². The smallest absolute Gasteiger partial charge is 0.261 e. The molecule has 0 aromatic carbocycles. The van der Waals surface area contributed by atoms with E-state index in [2.05, 4.69) is 24.2 Å². The second-order valence-corrected chi connectivity index (χ2v) is 7.16. The molecule has 0 fully saturated rings. The molecule has 0 spiro atoms. The number of carbonyl (C=O) groups excluding carboxylic acids is 1. The van der Waals surface area contributed by atoms with Gasteiger partial charge in [0, 0.05) is 13.7 Å². The van der Waals surface area contributed by atoms with Crippen molar-refractivity contribution in [2.45, 2.75) is 45.6 Å². The van der Waals surface area contributed by atoms with Crippen LogP contribution >= 0.6 is 11.6 Å². The molecule has 1 aliphatic rings. The second kappa shape index (κ2) is 13.9. The number of hydrogen-bond donors (Lipinski definition) is 1. The standard InChI is InChI=1S/C23H32ClNO4/c1-6-9-17-10-11-22(20(24)15-17)29-21(8-3)23(26)25-16-18(12-13-27-4)14-19(7-2)28-5/h2,10-12,14,17,21H,6,8-9,13,15-16H2,1,3-5H3,(H,25,26)/b18-12+,19-14+. The molecular formula is C23H32ClNO4. The monoisotopic (exact) mass is 421 g/mol. The summed E-state index contributed by atoms with van der Waals surface area (Å²) in [5, 5.41) is 3.55. The lowest BCUT2D eigenvalue weighted by atomic mass is 9.95. The van der Waals surface area contributed by atoms with Crippen LogP contribution in [0.3, 0.4) is 0 Å². The van der Waals surface area contributed by atoms with Gasteiger partial charge in [0.1, 0.15) is 5.76 Å². The zero-order valence-corrected chi connectivity index (χ0v) is 18.6. The van der Waals surface area contributed by atoms with Crippen LogP contribution in [0.1, 0.15) is 39.5 Å². The summed E-state index contributed by atoms with van der Waals surface area (Å²) < 4.78 is 16.1. The maximum atomic E-state index is 12.6. The maximum absolute atomic E-state index is 12.6. The van der Waals surface area contributed by atoms with Crippen LogP contribution in [0.25, 0.3) is 0 Å². The molecule has 2 atom stereocenters. The van der Waals surface area contributed by atoms with Gasteiger partial charge in [-0.1, -0.05) is 44.0 Å². The van der Waals surface area contributed by atoms with Gasteiger partial charge in [-0.25, -0.2) is 0 Å². The molecule has 0 aromatic rings. The Morgan fingerprint density at radius 1 is 1.45 bits per heavy atom. The highest BCUT2D eigenvalue weighted by Gasteiger charge is 2.22. The Morgan fingerprint density at radius 3 is 2.76 bits per heavy atom. The third kappa shape index (κ3) is 8.81. The minimum absolute atomic E-state index is 0.218. The van der Waals surface area contributed by atoms with Gasteiger partial charge in [0.05, 0.1) is 18.7 Å². The van der Waals surface area contributed by atoms with E-state index in [1.54, 1.807) is 13.2 Å². The molecule has 0 radical (unpaired) electrons. The zero-order valence-electron chi connectivity index (χ0n) is 17.8. The Labute approximate surface area is 179 Å². The number of carbonyl (C=O) groups is 1. The minimum Gasteiger partial charge on any atom is -0.489 e. The van der Waals surface area contributed by atoms with Crippen LogP contribution in [0, 0.1) is 18.3 Å². The number of amides is 1. The van der Waals surface area contributed by atoms with Crippen molar-refractivity contribution in [2.75, 3.05) is 27.4 Å². The number of terminal acetylenes is 1. The van der Waals surface area contributed by atoms with Gasteiger partial charge in [0.15, 0.2) is 11.9 Å². The summed E-state index contributed by atoms with van der Waals surface area (Å²) in [6.07, 6.45) is 15.7. The van der Waals surface area contributed by atoms with Crippen LogP contribution in [-0.4, -0.2) is 39.4 Å². The van der Waals surface area contributed by atoms with Gasteiger partial charge >= 0.3 is 0 Å². The SMILES string of the molecule is C#C/C(=C\C(=C/COC)CNC(=O)C(CC)OC1=C(Cl)CC(CCC)C=C1)OC. The lowest BCUT2D eigenvalue weighted by molar-refractivity contribution is -0.130. The predicted octanol–water partition coefficient (Wildman–Crippen LogP) is 4.46. The first-order valence-electron chi connectivity index (χ1n) is 9.90. The van der Waals surface area contributed by atoms with E-state index in [-0.39, 0.29) is 12.5 Å². The van der Waals surface area contributed by atoms with Crippen LogP contribution < -0.4 is 5.32 Å². The van der Waals surface area contributed by atoms with Crippen molar-refractivity contribution in [1.82, 2.24) is 5.32 Å². The number of halogens is 1. The second-order valence-electron chi connectivity index (χ2n) is 6.71. The van der Waals surface area contributed by atoms with E-state index in [1.165, 1.54) is 7.11 Å². The van der Waals surface area contributed by atoms with E-state index in [9.17, 15) is 4.79 Å². The molecule has 1 N–H and O–H groups in total. The first kappa shape index (κ1) is 24.9. The molecule has 6 heteroatoms. The lowest BCUT2D eigenvalue weighted by Gasteiger charge is -2.23. The van der Waals surface area contributed by atoms with Crippen molar-refractivity contribution in [3.63, 3.8) is 0 Å². The number of methoxy groups -OCH3 is 2. The zero-order chi connectivity index (χ0) is 21.6. The van der Waals surface area contributed by atoms with Gasteiger partial charge in [-0.3, -0.25) is 4.79 Å². The van der Waals surface area contributed by atoms with Crippen LogP contribution in [0.4, 0.5) is 0 Å². The Hall–Kier alpha value is -2.16. The topological polar surface area (TPSA) is 56.8 Å². The Kier molecular flexibility index (Phi) is 11.9. The average Bonchev–Trinajstić information content (AvgIpc) is 2.72. The highest BCUT2D eigenvalue weighted by atomic mass is 35.5. The van der Waals surface area contributed by atoms with E-state index in [0.29, 0.717) is 35.5 Å². The Bertz CT molecular complexity index is 700. The third-order valence-corrected chi connectivity index (χ3v) is 4.82. The number of allylic oxidation sites excluding steroid dienone is 4. The maximum Gasteiger partial charge on any atom is 0.261 e. The molecule has 29 heavy (non-hydrogen) atoms. The molecule has 2 unspecified atom stereocenters. The van der Waals surface area contributed by atoms with Crippen LogP contribution in [0.2, 0.25) is 0 Å². The molecule has 0 bridgehead atoms. The summed E-state index contributed by atoms with van der Waals surface area (Å²) in [7, 11) is 3.09. The largest absolute Gasteiger partial charge is 0.489 e. The molecule has 1 rings (SSSR count). The summed E-state index contributed by atoms with van der Waals surface area (Å²) in [5.41, 5.74) is 0.780. The Balaban J connectivity index is 2.75. The van der Waals surface area contributed by atoms with Crippen molar-refractivity contribution in [2.24, 2.45) is 5.92 Å². The molecule has 160 valence electrons. The molecule has 5 nitrogen and oxygen atoms in total. The van der Waals surface area contributed by atoms with E-state index >= 15 is 0 Å². The molecule has 1 amide bonds. The summed E-state index contributed by atoms with van der Waals surface area (Å²) in [5.74, 6) is 3.60. The van der Waals surface area contributed by atoms with E-state index in [0.717, 1.165) is 24.8 Å². The quantitative estimate of drug-likeness (QED) is 0.287. The van der Waals surface area contributed by atoms with Crippen molar-refractivity contribution in [3.05, 3.63) is 46.4 Å². The van der Waals surface area contributed by atoms with Gasteiger partial charge in [-0.15, -0.1) is 6.42 Å². The Morgan fingerprint density at radius 2 is 2.21 bits per heavy atom. The fraction of sp³-hybridized carbons (Fsp3) is 0.522. The van der Waals surface area contributed by atoms with Gasteiger partial charge in [-0.05, 0) is 48.8 Å². The van der Waals surface area contributed by atoms with Crippen LogP contribution in [0.5, 0.6) is 0 Å². The van der Waals surface area contributed by atoms with E-state index in [4.69, 9.17) is 32.2 Å². The highest BCUT2D eigenvalue weighted by Crippen LogP contribution is 2.30. The fourth-order valence-corrected chi connectivity index (χ4v) is 3.17. The van der Waals surface area contributed by atoms with Gasteiger partial charge < -0.3 is 19.5 Å². The molecular weight excluding hydrogens is 390 g/mol. The van der Waals surface area contributed by atoms with Crippen molar-refractivity contribution in [1.29, 1.82) is 0 Å². The van der Waals surface area contributed by atoms with Crippen molar-refractivity contribution < 1.29 is 19.0 Å². The van der Waals surface area contributed by atoms with Crippen LogP contribution in [0.15, 0.2) is 46.4 Å². The predicted molar refractivity (Wildman–Crippen MR) is 117 cm³/mol. The number of nitrogens with one attached hydrogen (secondary N) is 1. The summed E-state index contributed by atoms with van der Waals surface area (Å²) in [6.45, 7) is 4.72. The third-order valence-electron chi connectivity index (χ3n) is 4.48. The van der Waals surface area contributed by atoms with Crippen LogP contribution in [-0.2, 0) is 19.0 Å². The average molecular weight is 422 g/mol. The first-order chi connectivity index (χ1) is 14.0. The number of ether oxygens (including phenoxy) is 3. The molecule has 0 aromatic heterocycles. The summed E-state index contributed by atoms with van der Waals surface area (Å²) in [4.78, 5) is 12.6. The van der Waals surface area contributed by atoms with E-state index < -0.39 is 6.10 Å². The van der Waals surface area contributed by atoms with Gasteiger partial charge in [0.2, 0.25) is 0 Å².